The third-order valence-corrected chi connectivity index (χ3v) is 2.22. The van der Waals surface area contributed by atoms with Gasteiger partial charge >= 0.3 is 0 Å². The van der Waals surface area contributed by atoms with Gasteiger partial charge in [-0.1, -0.05) is 11.6 Å². The first-order valence-electron chi connectivity index (χ1n) is 4.50. The first kappa shape index (κ1) is 15.2. The summed E-state index contributed by atoms with van der Waals surface area (Å²) in [4.78, 5) is 11.5. The monoisotopic (exact) mass is 266 g/mol. The summed E-state index contributed by atoms with van der Waals surface area (Å²) >= 11 is 5.49. The van der Waals surface area contributed by atoms with E-state index in [9.17, 15) is 9.18 Å². The third kappa shape index (κ3) is 3.96. The van der Waals surface area contributed by atoms with Crippen LogP contribution in [0.25, 0.3) is 0 Å². The van der Waals surface area contributed by atoms with Gasteiger partial charge in [0.05, 0.1) is 5.02 Å². The van der Waals surface area contributed by atoms with E-state index in [0.29, 0.717) is 6.54 Å². The first-order valence-corrected chi connectivity index (χ1v) is 4.88. The van der Waals surface area contributed by atoms with E-state index in [-0.39, 0.29) is 34.9 Å². The van der Waals surface area contributed by atoms with Crippen molar-refractivity contribution in [3.8, 4) is 0 Å². The second kappa shape index (κ2) is 6.68. The maximum atomic E-state index is 13.0. The summed E-state index contributed by atoms with van der Waals surface area (Å²) in [6, 6.07) is 3.76. The molecule has 1 atom stereocenters. The second-order valence-electron chi connectivity index (χ2n) is 3.24. The highest BCUT2D eigenvalue weighted by atomic mass is 35.5. The standard InChI is InChI=1S/C10H12ClFN2O.ClH/c1-6(5-13)14-10(15)7-2-3-8(11)9(12)4-7;/h2-4,6H,5,13H2,1H3,(H,14,15);1H/t6-;/m1./s1. The number of rotatable bonds is 3. The van der Waals surface area contributed by atoms with Crippen LogP contribution < -0.4 is 11.1 Å². The fourth-order valence-corrected chi connectivity index (χ4v) is 1.12. The summed E-state index contributed by atoms with van der Waals surface area (Å²) in [6.07, 6.45) is 0. The molecule has 3 nitrogen and oxygen atoms in total. The highest BCUT2D eigenvalue weighted by Gasteiger charge is 2.10. The fraction of sp³-hybridized carbons (Fsp3) is 0.300. The lowest BCUT2D eigenvalue weighted by Crippen LogP contribution is -2.37. The van der Waals surface area contributed by atoms with Crippen molar-refractivity contribution in [2.45, 2.75) is 13.0 Å². The predicted molar refractivity (Wildman–Crippen MR) is 64.6 cm³/mol. The molecule has 1 aromatic carbocycles. The Morgan fingerprint density at radius 1 is 1.62 bits per heavy atom. The number of nitrogens with two attached hydrogens (primary N) is 1. The summed E-state index contributed by atoms with van der Waals surface area (Å²) in [7, 11) is 0. The number of amides is 1. The third-order valence-electron chi connectivity index (χ3n) is 1.91. The number of carbonyl (C=O) groups is 1. The number of halogens is 3. The van der Waals surface area contributed by atoms with Crippen LogP contribution in [0.5, 0.6) is 0 Å². The van der Waals surface area contributed by atoms with Crippen molar-refractivity contribution in [2.24, 2.45) is 5.73 Å². The fourth-order valence-electron chi connectivity index (χ4n) is 1.00. The Bertz CT molecular complexity index is 374. The van der Waals surface area contributed by atoms with E-state index in [2.05, 4.69) is 5.32 Å². The number of carbonyl (C=O) groups excluding carboxylic acids is 1. The van der Waals surface area contributed by atoms with Crippen molar-refractivity contribution in [1.29, 1.82) is 0 Å². The minimum atomic E-state index is -0.607. The number of benzene rings is 1. The number of nitrogens with one attached hydrogen (secondary N) is 1. The van der Waals surface area contributed by atoms with E-state index in [4.69, 9.17) is 17.3 Å². The quantitative estimate of drug-likeness (QED) is 0.879. The van der Waals surface area contributed by atoms with Gasteiger partial charge in [-0.2, -0.15) is 0 Å². The van der Waals surface area contributed by atoms with E-state index in [0.717, 1.165) is 6.07 Å². The van der Waals surface area contributed by atoms with E-state index in [1.54, 1.807) is 6.92 Å². The number of hydrogen-bond acceptors (Lipinski definition) is 2. The van der Waals surface area contributed by atoms with Crippen LogP contribution in [0.1, 0.15) is 17.3 Å². The first-order chi connectivity index (χ1) is 7.04. The normalized spacial score (nSPS) is 11.5. The van der Waals surface area contributed by atoms with Crippen molar-refractivity contribution < 1.29 is 9.18 Å². The van der Waals surface area contributed by atoms with Crippen molar-refractivity contribution in [3.05, 3.63) is 34.6 Å². The highest BCUT2D eigenvalue weighted by molar-refractivity contribution is 6.30. The smallest absolute Gasteiger partial charge is 0.251 e. The summed E-state index contributed by atoms with van der Waals surface area (Å²) < 4.78 is 13.0. The zero-order chi connectivity index (χ0) is 11.4. The minimum Gasteiger partial charge on any atom is -0.348 e. The molecule has 0 bridgehead atoms. The van der Waals surface area contributed by atoms with Crippen molar-refractivity contribution >= 4 is 29.9 Å². The van der Waals surface area contributed by atoms with Gasteiger partial charge in [0.25, 0.3) is 5.91 Å². The van der Waals surface area contributed by atoms with Crippen LogP contribution in [-0.2, 0) is 0 Å². The molecule has 0 aliphatic heterocycles. The van der Waals surface area contributed by atoms with Gasteiger partial charge in [-0.05, 0) is 25.1 Å². The second-order valence-corrected chi connectivity index (χ2v) is 3.65. The van der Waals surface area contributed by atoms with Gasteiger partial charge in [-0.3, -0.25) is 4.79 Å². The molecule has 0 aromatic heterocycles. The zero-order valence-electron chi connectivity index (χ0n) is 8.67. The van der Waals surface area contributed by atoms with Crippen LogP contribution in [-0.4, -0.2) is 18.5 Å². The van der Waals surface area contributed by atoms with Gasteiger partial charge < -0.3 is 11.1 Å². The molecule has 0 fully saturated rings. The molecule has 0 unspecified atom stereocenters. The lowest BCUT2D eigenvalue weighted by atomic mass is 10.2. The molecule has 1 aromatic rings. The molecule has 90 valence electrons. The minimum absolute atomic E-state index is 0. The van der Waals surface area contributed by atoms with E-state index in [1.165, 1.54) is 12.1 Å². The molecular weight excluding hydrogens is 254 g/mol. The topological polar surface area (TPSA) is 55.1 Å². The lowest BCUT2D eigenvalue weighted by molar-refractivity contribution is 0.0941. The molecule has 0 aliphatic carbocycles. The van der Waals surface area contributed by atoms with Crippen molar-refractivity contribution in [1.82, 2.24) is 5.32 Å². The zero-order valence-corrected chi connectivity index (χ0v) is 10.2. The predicted octanol–water partition coefficient (Wildman–Crippen LogP) is 1.98. The number of hydrogen-bond donors (Lipinski definition) is 2. The molecule has 0 heterocycles. The summed E-state index contributed by atoms with van der Waals surface area (Å²) in [5.74, 6) is -0.965. The molecule has 0 spiro atoms. The van der Waals surface area contributed by atoms with Crippen LogP contribution in [0.3, 0.4) is 0 Å². The molecule has 0 aliphatic rings. The van der Waals surface area contributed by atoms with Crippen LogP contribution in [0.2, 0.25) is 5.02 Å². The highest BCUT2D eigenvalue weighted by Crippen LogP contribution is 2.15. The van der Waals surface area contributed by atoms with Gasteiger partial charge in [0, 0.05) is 18.2 Å². The molecule has 1 amide bonds. The molecule has 16 heavy (non-hydrogen) atoms. The van der Waals surface area contributed by atoms with Gasteiger partial charge in [-0.25, -0.2) is 4.39 Å². The van der Waals surface area contributed by atoms with Gasteiger partial charge in [0.2, 0.25) is 0 Å². The van der Waals surface area contributed by atoms with Crippen LogP contribution in [0.4, 0.5) is 4.39 Å². The van der Waals surface area contributed by atoms with Crippen LogP contribution >= 0.6 is 24.0 Å². The van der Waals surface area contributed by atoms with Gasteiger partial charge in [0.15, 0.2) is 0 Å². The summed E-state index contributed by atoms with van der Waals surface area (Å²) in [5.41, 5.74) is 5.58. The van der Waals surface area contributed by atoms with E-state index in [1.807, 2.05) is 0 Å². The maximum Gasteiger partial charge on any atom is 0.251 e. The SMILES string of the molecule is C[C@H](CN)NC(=O)c1ccc(Cl)c(F)c1.Cl. The van der Waals surface area contributed by atoms with E-state index < -0.39 is 5.82 Å². The average Bonchev–Trinajstić information content (AvgIpc) is 2.21. The van der Waals surface area contributed by atoms with Crippen LogP contribution in [0, 0.1) is 5.82 Å². The van der Waals surface area contributed by atoms with E-state index >= 15 is 0 Å². The summed E-state index contributed by atoms with van der Waals surface area (Å²) in [5, 5.41) is 2.62. The molecular formula is C10H13Cl2FN2O. The molecule has 3 N–H and O–H groups in total. The average molecular weight is 267 g/mol. The lowest BCUT2D eigenvalue weighted by Gasteiger charge is -2.11. The molecule has 6 heteroatoms. The Kier molecular flexibility index (Phi) is 6.33. The molecule has 0 radical (unpaired) electrons. The molecule has 0 saturated carbocycles. The Morgan fingerprint density at radius 3 is 2.75 bits per heavy atom. The maximum absolute atomic E-state index is 13.0. The Hall–Kier alpha value is -0.840. The van der Waals surface area contributed by atoms with Crippen molar-refractivity contribution in [2.75, 3.05) is 6.54 Å². The van der Waals surface area contributed by atoms with Crippen LogP contribution in [0.15, 0.2) is 18.2 Å². The van der Waals surface area contributed by atoms with Gasteiger partial charge in [0.1, 0.15) is 5.82 Å². The summed E-state index contributed by atoms with van der Waals surface area (Å²) in [6.45, 7) is 2.10. The van der Waals surface area contributed by atoms with Gasteiger partial charge in [-0.15, -0.1) is 12.4 Å². The largest absolute Gasteiger partial charge is 0.348 e. The Morgan fingerprint density at radius 2 is 2.25 bits per heavy atom. The Labute approximate surface area is 105 Å². The van der Waals surface area contributed by atoms with Crippen molar-refractivity contribution in [3.63, 3.8) is 0 Å². The molecule has 0 saturated heterocycles. The molecule has 1 rings (SSSR count). The Balaban J connectivity index is 0.00000225.